The Labute approximate surface area is 150 Å². The fraction of sp³-hybridized carbons (Fsp3) is 0.571. The second-order valence-corrected chi connectivity index (χ2v) is 7.47. The molecule has 0 saturated carbocycles. The van der Waals surface area contributed by atoms with Crippen LogP contribution in [0.2, 0.25) is 0 Å². The van der Waals surface area contributed by atoms with Crippen molar-refractivity contribution >= 4 is 10.9 Å². The van der Waals surface area contributed by atoms with Crippen molar-refractivity contribution in [3.05, 3.63) is 36.0 Å². The van der Waals surface area contributed by atoms with Crippen molar-refractivity contribution in [3.8, 4) is 5.75 Å². The predicted octanol–water partition coefficient (Wildman–Crippen LogP) is 3.88. The molecule has 4 atom stereocenters. The molecule has 2 bridgehead atoms. The number of piperidine rings is 3. The van der Waals surface area contributed by atoms with Gasteiger partial charge in [-0.15, -0.1) is 0 Å². The van der Waals surface area contributed by atoms with E-state index in [9.17, 15) is 0 Å². The summed E-state index contributed by atoms with van der Waals surface area (Å²) >= 11 is 0. The van der Waals surface area contributed by atoms with Crippen molar-refractivity contribution in [1.82, 2.24) is 9.88 Å². The number of aromatic nitrogens is 1. The summed E-state index contributed by atoms with van der Waals surface area (Å²) in [7, 11) is 1.70. The lowest BCUT2D eigenvalue weighted by atomic mass is 9.75. The van der Waals surface area contributed by atoms with Gasteiger partial charge in [0.25, 0.3) is 0 Å². The van der Waals surface area contributed by atoms with Crippen molar-refractivity contribution in [2.75, 3.05) is 26.8 Å². The van der Waals surface area contributed by atoms with Gasteiger partial charge in [0.15, 0.2) is 0 Å². The summed E-state index contributed by atoms with van der Waals surface area (Å²) in [5.41, 5.74) is 2.18. The first-order valence-electron chi connectivity index (χ1n) is 9.52. The molecule has 3 fully saturated rings. The molecule has 134 valence electrons. The fourth-order valence-corrected chi connectivity index (χ4v) is 4.63. The summed E-state index contributed by atoms with van der Waals surface area (Å²) in [6, 6.07) is 8.68. The molecule has 0 radical (unpaired) electrons. The smallest absolute Gasteiger partial charge is 0.119 e. The van der Waals surface area contributed by atoms with Crippen LogP contribution < -0.4 is 4.74 Å². The second kappa shape index (κ2) is 7.30. The molecule has 4 heterocycles. The monoisotopic (exact) mass is 340 g/mol. The van der Waals surface area contributed by atoms with Gasteiger partial charge in [-0.3, -0.25) is 9.88 Å². The standard InChI is InChI=1S/C21H28N2O2/c1-3-15-12-23-9-7-16(15)10-18(23)14-25-13-17-6-8-22-21-5-4-19(24-2)11-20(17)21/h4-6,8,11,15-16,18H,3,7,9-10,12-14H2,1-2H3. The van der Waals surface area contributed by atoms with Gasteiger partial charge in [-0.2, -0.15) is 0 Å². The van der Waals surface area contributed by atoms with Crippen molar-refractivity contribution in [3.63, 3.8) is 0 Å². The molecular formula is C21H28N2O2. The van der Waals surface area contributed by atoms with Gasteiger partial charge >= 0.3 is 0 Å². The van der Waals surface area contributed by atoms with E-state index in [1.807, 2.05) is 18.3 Å². The first kappa shape index (κ1) is 16.8. The largest absolute Gasteiger partial charge is 0.497 e. The highest BCUT2D eigenvalue weighted by Gasteiger charge is 2.38. The Balaban J connectivity index is 1.40. The van der Waals surface area contributed by atoms with Gasteiger partial charge in [-0.05, 0) is 61.1 Å². The van der Waals surface area contributed by atoms with Crippen LogP contribution in [0.25, 0.3) is 10.9 Å². The second-order valence-electron chi connectivity index (χ2n) is 7.47. The highest BCUT2D eigenvalue weighted by Crippen LogP contribution is 2.37. The summed E-state index contributed by atoms with van der Waals surface area (Å²) in [5.74, 6) is 2.68. The van der Waals surface area contributed by atoms with Crippen molar-refractivity contribution in [1.29, 1.82) is 0 Å². The molecule has 0 spiro atoms. The Morgan fingerprint density at radius 2 is 2.20 bits per heavy atom. The number of hydrogen-bond acceptors (Lipinski definition) is 4. The molecule has 25 heavy (non-hydrogen) atoms. The number of benzene rings is 1. The Kier molecular flexibility index (Phi) is 4.91. The minimum absolute atomic E-state index is 0.601. The number of pyridine rings is 1. The van der Waals surface area contributed by atoms with Crippen LogP contribution in [0.1, 0.15) is 31.7 Å². The molecule has 4 nitrogen and oxygen atoms in total. The Morgan fingerprint density at radius 1 is 1.28 bits per heavy atom. The summed E-state index contributed by atoms with van der Waals surface area (Å²) < 4.78 is 11.5. The number of nitrogens with zero attached hydrogens (tertiary/aromatic N) is 2. The molecule has 4 heteroatoms. The van der Waals surface area contributed by atoms with E-state index >= 15 is 0 Å². The molecule has 1 aromatic carbocycles. The lowest BCUT2D eigenvalue weighted by molar-refractivity contribution is -0.0423. The molecular weight excluding hydrogens is 312 g/mol. The molecule has 1 aromatic heterocycles. The maximum Gasteiger partial charge on any atom is 0.119 e. The number of fused-ring (bicyclic) bond motifs is 4. The summed E-state index contributed by atoms with van der Waals surface area (Å²) in [6.45, 7) is 6.33. The highest BCUT2D eigenvalue weighted by atomic mass is 16.5. The van der Waals surface area contributed by atoms with Gasteiger partial charge in [0, 0.05) is 24.2 Å². The molecule has 0 aliphatic carbocycles. The topological polar surface area (TPSA) is 34.6 Å². The third-order valence-electron chi connectivity index (χ3n) is 6.15. The maximum atomic E-state index is 6.15. The van der Waals surface area contributed by atoms with Crippen LogP contribution in [0.5, 0.6) is 5.75 Å². The van der Waals surface area contributed by atoms with Crippen LogP contribution in [-0.4, -0.2) is 42.7 Å². The molecule has 0 N–H and O–H groups in total. The van der Waals surface area contributed by atoms with Crippen molar-refractivity contribution in [2.24, 2.45) is 11.8 Å². The molecule has 0 amide bonds. The van der Waals surface area contributed by atoms with Crippen molar-refractivity contribution < 1.29 is 9.47 Å². The van der Waals surface area contributed by atoms with Gasteiger partial charge in [0.05, 0.1) is 25.8 Å². The molecule has 3 saturated heterocycles. The van der Waals surface area contributed by atoms with E-state index in [1.165, 1.54) is 37.9 Å². The maximum absolute atomic E-state index is 6.15. The van der Waals surface area contributed by atoms with E-state index in [4.69, 9.17) is 9.47 Å². The molecule has 2 aromatic rings. The van der Waals surface area contributed by atoms with Gasteiger partial charge in [0.1, 0.15) is 5.75 Å². The lowest BCUT2D eigenvalue weighted by Crippen LogP contribution is -2.54. The van der Waals surface area contributed by atoms with Crippen LogP contribution in [-0.2, 0) is 11.3 Å². The third-order valence-corrected chi connectivity index (χ3v) is 6.15. The van der Waals surface area contributed by atoms with Gasteiger partial charge in [-0.1, -0.05) is 13.3 Å². The lowest BCUT2D eigenvalue weighted by Gasteiger charge is -2.49. The zero-order valence-electron chi connectivity index (χ0n) is 15.3. The Bertz CT molecular complexity index is 733. The zero-order chi connectivity index (χ0) is 17.2. The average Bonchev–Trinajstić information content (AvgIpc) is 2.68. The summed E-state index contributed by atoms with van der Waals surface area (Å²) in [4.78, 5) is 7.10. The van der Waals surface area contributed by atoms with E-state index in [0.717, 1.165) is 35.1 Å². The van der Waals surface area contributed by atoms with E-state index in [-0.39, 0.29) is 0 Å². The van der Waals surface area contributed by atoms with Crippen LogP contribution in [0.4, 0.5) is 0 Å². The highest BCUT2D eigenvalue weighted by molar-refractivity contribution is 5.83. The van der Waals surface area contributed by atoms with E-state index in [2.05, 4.69) is 28.9 Å². The summed E-state index contributed by atoms with van der Waals surface area (Å²) in [5, 5.41) is 1.12. The van der Waals surface area contributed by atoms with Gasteiger partial charge in [0.2, 0.25) is 0 Å². The Hall–Kier alpha value is -1.65. The zero-order valence-corrected chi connectivity index (χ0v) is 15.3. The third kappa shape index (κ3) is 3.38. The normalized spacial score (nSPS) is 28.4. The molecule has 5 rings (SSSR count). The average molecular weight is 340 g/mol. The van der Waals surface area contributed by atoms with Gasteiger partial charge in [-0.25, -0.2) is 0 Å². The predicted molar refractivity (Wildman–Crippen MR) is 99.8 cm³/mol. The number of ether oxygens (including phenoxy) is 2. The van der Waals surface area contributed by atoms with E-state index < -0.39 is 0 Å². The van der Waals surface area contributed by atoms with E-state index in [0.29, 0.717) is 12.6 Å². The van der Waals surface area contributed by atoms with E-state index in [1.54, 1.807) is 7.11 Å². The Morgan fingerprint density at radius 3 is 2.96 bits per heavy atom. The minimum Gasteiger partial charge on any atom is -0.497 e. The SMILES string of the molecule is CCC1CN2CCC1CC2COCc1ccnc2ccc(OC)cc12. The fourth-order valence-electron chi connectivity index (χ4n) is 4.63. The minimum atomic E-state index is 0.601. The number of methoxy groups -OCH3 is 1. The first-order chi connectivity index (χ1) is 12.3. The van der Waals surface area contributed by atoms with Crippen LogP contribution >= 0.6 is 0 Å². The quantitative estimate of drug-likeness (QED) is 0.799. The van der Waals surface area contributed by atoms with Crippen LogP contribution in [0, 0.1) is 11.8 Å². The molecule has 3 aliphatic rings. The number of rotatable bonds is 6. The first-order valence-corrected chi connectivity index (χ1v) is 9.52. The summed E-state index contributed by atoms with van der Waals surface area (Å²) in [6.07, 6.45) is 5.87. The molecule has 3 aliphatic heterocycles. The van der Waals surface area contributed by atoms with Gasteiger partial charge < -0.3 is 9.47 Å². The van der Waals surface area contributed by atoms with Crippen molar-refractivity contribution in [2.45, 2.75) is 38.8 Å². The van der Waals surface area contributed by atoms with Crippen LogP contribution in [0.15, 0.2) is 30.5 Å². The number of hydrogen-bond donors (Lipinski definition) is 0. The van der Waals surface area contributed by atoms with Crippen LogP contribution in [0.3, 0.4) is 0 Å². The molecule has 4 unspecified atom stereocenters.